The van der Waals surface area contributed by atoms with Gasteiger partial charge in [0.25, 0.3) is 0 Å². The molecule has 0 saturated heterocycles. The molecule has 1 N–H and O–H groups in total. The first kappa shape index (κ1) is 14.2. The van der Waals surface area contributed by atoms with Gasteiger partial charge in [0, 0.05) is 23.9 Å². The number of aromatic nitrogens is 1. The summed E-state index contributed by atoms with van der Waals surface area (Å²) in [4.78, 5) is 4.75. The molecule has 0 spiro atoms. The van der Waals surface area contributed by atoms with E-state index in [1.807, 2.05) is 0 Å². The fourth-order valence-electron chi connectivity index (χ4n) is 2.15. The van der Waals surface area contributed by atoms with Crippen molar-refractivity contribution in [3.05, 3.63) is 39.7 Å². The minimum atomic E-state index is 1.02. The van der Waals surface area contributed by atoms with Gasteiger partial charge in [-0.15, -0.1) is 11.3 Å². The van der Waals surface area contributed by atoms with Gasteiger partial charge >= 0.3 is 0 Å². The van der Waals surface area contributed by atoms with Crippen LogP contribution in [0.25, 0.3) is 11.3 Å². The fraction of sp³-hybridized carbons (Fsp3) is 0.438. The Morgan fingerprint density at radius 2 is 2.05 bits per heavy atom. The first-order valence-corrected chi connectivity index (χ1v) is 7.81. The molecule has 0 aliphatic carbocycles. The summed E-state index contributed by atoms with van der Waals surface area (Å²) in [7, 11) is 0. The van der Waals surface area contributed by atoms with Crippen LogP contribution in [-0.2, 0) is 6.42 Å². The Bertz CT molecular complexity index is 531. The molecule has 3 heteroatoms. The molecule has 0 atom stereocenters. The second-order valence-electron chi connectivity index (χ2n) is 4.94. The summed E-state index contributed by atoms with van der Waals surface area (Å²) in [6, 6.07) is 6.56. The predicted molar refractivity (Wildman–Crippen MR) is 83.9 cm³/mol. The van der Waals surface area contributed by atoms with Gasteiger partial charge in [-0.05, 0) is 32.4 Å². The minimum Gasteiger partial charge on any atom is -0.316 e. The van der Waals surface area contributed by atoms with Gasteiger partial charge in [-0.2, -0.15) is 0 Å². The lowest BCUT2D eigenvalue weighted by molar-refractivity contribution is 0.670. The number of rotatable bonds is 6. The van der Waals surface area contributed by atoms with Crippen LogP contribution in [0.4, 0.5) is 0 Å². The quantitative estimate of drug-likeness (QED) is 0.806. The minimum absolute atomic E-state index is 1.02. The Morgan fingerprint density at radius 3 is 2.79 bits per heavy atom. The molecule has 1 heterocycles. The van der Waals surface area contributed by atoms with Gasteiger partial charge in [-0.3, -0.25) is 0 Å². The Morgan fingerprint density at radius 1 is 1.21 bits per heavy atom. The summed E-state index contributed by atoms with van der Waals surface area (Å²) in [5.74, 6) is 0. The molecule has 0 bridgehead atoms. The first-order valence-electron chi connectivity index (χ1n) is 6.93. The van der Waals surface area contributed by atoms with Crippen molar-refractivity contribution < 1.29 is 0 Å². The van der Waals surface area contributed by atoms with Crippen molar-refractivity contribution in [3.63, 3.8) is 0 Å². The van der Waals surface area contributed by atoms with E-state index in [1.54, 1.807) is 11.3 Å². The largest absolute Gasteiger partial charge is 0.316 e. The summed E-state index contributed by atoms with van der Waals surface area (Å²) in [5, 5.41) is 6.81. The average Bonchev–Trinajstić information content (AvgIpc) is 2.83. The summed E-state index contributed by atoms with van der Waals surface area (Å²) in [6.07, 6.45) is 2.21. The molecule has 2 rings (SSSR count). The predicted octanol–water partition coefficient (Wildman–Crippen LogP) is 3.97. The molecule has 0 unspecified atom stereocenters. The van der Waals surface area contributed by atoms with Crippen LogP contribution in [0, 0.1) is 13.8 Å². The summed E-state index contributed by atoms with van der Waals surface area (Å²) < 4.78 is 0. The van der Waals surface area contributed by atoms with Crippen LogP contribution in [0.5, 0.6) is 0 Å². The third kappa shape index (κ3) is 3.88. The Labute approximate surface area is 119 Å². The van der Waals surface area contributed by atoms with Crippen molar-refractivity contribution in [2.45, 2.75) is 33.6 Å². The molecule has 2 nitrogen and oxygen atoms in total. The lowest BCUT2D eigenvalue weighted by Crippen LogP contribution is -2.17. The van der Waals surface area contributed by atoms with Crippen LogP contribution < -0.4 is 5.32 Å². The standard InChI is InChI=1S/C16H22N2S/c1-4-8-17-9-7-16-18-15(11-19-16)14-6-5-12(2)10-13(14)3/h5-6,10-11,17H,4,7-9H2,1-3H3. The van der Waals surface area contributed by atoms with Gasteiger partial charge in [0.1, 0.15) is 0 Å². The van der Waals surface area contributed by atoms with E-state index in [2.05, 4.69) is 49.7 Å². The van der Waals surface area contributed by atoms with Crippen molar-refractivity contribution in [1.82, 2.24) is 10.3 Å². The van der Waals surface area contributed by atoms with Crippen molar-refractivity contribution in [1.29, 1.82) is 0 Å². The van der Waals surface area contributed by atoms with Crippen LogP contribution in [0.15, 0.2) is 23.6 Å². The molecule has 1 aromatic carbocycles. The zero-order chi connectivity index (χ0) is 13.7. The number of nitrogens with one attached hydrogen (secondary N) is 1. The lowest BCUT2D eigenvalue weighted by Gasteiger charge is -2.03. The summed E-state index contributed by atoms with van der Waals surface area (Å²) in [6.45, 7) is 8.59. The number of benzene rings is 1. The highest BCUT2D eigenvalue weighted by Crippen LogP contribution is 2.25. The van der Waals surface area contributed by atoms with E-state index in [0.717, 1.165) is 25.2 Å². The molecule has 0 aliphatic rings. The molecule has 0 aliphatic heterocycles. The Hall–Kier alpha value is -1.19. The Balaban J connectivity index is 2.04. The molecule has 0 radical (unpaired) electrons. The van der Waals surface area contributed by atoms with Gasteiger partial charge in [0.05, 0.1) is 10.7 Å². The van der Waals surface area contributed by atoms with Crippen LogP contribution >= 0.6 is 11.3 Å². The zero-order valence-electron chi connectivity index (χ0n) is 12.0. The molecule has 19 heavy (non-hydrogen) atoms. The zero-order valence-corrected chi connectivity index (χ0v) is 12.8. The monoisotopic (exact) mass is 274 g/mol. The number of hydrogen-bond donors (Lipinski definition) is 1. The molecule has 0 fully saturated rings. The van der Waals surface area contributed by atoms with Crippen molar-refractivity contribution in [3.8, 4) is 11.3 Å². The molecule has 1 aromatic heterocycles. The highest BCUT2D eigenvalue weighted by molar-refractivity contribution is 7.09. The summed E-state index contributed by atoms with van der Waals surface area (Å²) in [5.41, 5.74) is 4.99. The molecule has 102 valence electrons. The van der Waals surface area contributed by atoms with Crippen molar-refractivity contribution in [2.24, 2.45) is 0 Å². The van der Waals surface area contributed by atoms with Crippen LogP contribution in [0.3, 0.4) is 0 Å². The average molecular weight is 274 g/mol. The number of aryl methyl sites for hydroxylation is 2. The SMILES string of the molecule is CCCNCCc1nc(-c2ccc(C)cc2C)cs1. The summed E-state index contributed by atoms with van der Waals surface area (Å²) >= 11 is 1.76. The van der Waals surface area contributed by atoms with Gasteiger partial charge in [-0.25, -0.2) is 4.98 Å². The molecule has 2 aromatic rings. The third-order valence-electron chi connectivity index (χ3n) is 3.15. The first-order chi connectivity index (χ1) is 9.20. The van der Waals surface area contributed by atoms with Gasteiger partial charge in [0.2, 0.25) is 0 Å². The smallest absolute Gasteiger partial charge is 0.0945 e. The second kappa shape index (κ2) is 6.83. The van der Waals surface area contributed by atoms with Crippen LogP contribution in [0.1, 0.15) is 29.5 Å². The number of hydrogen-bond acceptors (Lipinski definition) is 3. The second-order valence-corrected chi connectivity index (χ2v) is 5.89. The van der Waals surface area contributed by atoms with Gasteiger partial charge in [-0.1, -0.05) is 30.7 Å². The van der Waals surface area contributed by atoms with Gasteiger partial charge < -0.3 is 5.32 Å². The van der Waals surface area contributed by atoms with E-state index < -0.39 is 0 Å². The fourth-order valence-corrected chi connectivity index (χ4v) is 2.95. The van der Waals surface area contributed by atoms with Gasteiger partial charge in [0.15, 0.2) is 0 Å². The van der Waals surface area contributed by atoms with E-state index >= 15 is 0 Å². The normalized spacial score (nSPS) is 10.9. The third-order valence-corrected chi connectivity index (χ3v) is 4.06. The maximum Gasteiger partial charge on any atom is 0.0945 e. The van der Waals surface area contributed by atoms with Crippen LogP contribution in [-0.4, -0.2) is 18.1 Å². The molecule has 0 saturated carbocycles. The number of thiazole rings is 1. The van der Waals surface area contributed by atoms with Crippen LogP contribution in [0.2, 0.25) is 0 Å². The van der Waals surface area contributed by atoms with E-state index in [9.17, 15) is 0 Å². The number of nitrogens with zero attached hydrogens (tertiary/aromatic N) is 1. The molecular weight excluding hydrogens is 252 g/mol. The Kier molecular flexibility index (Phi) is 5.11. The maximum atomic E-state index is 4.75. The molecule has 0 amide bonds. The van der Waals surface area contributed by atoms with E-state index in [-0.39, 0.29) is 0 Å². The topological polar surface area (TPSA) is 24.9 Å². The van der Waals surface area contributed by atoms with E-state index in [4.69, 9.17) is 4.98 Å². The van der Waals surface area contributed by atoms with E-state index in [0.29, 0.717) is 0 Å². The maximum absolute atomic E-state index is 4.75. The highest BCUT2D eigenvalue weighted by atomic mass is 32.1. The van der Waals surface area contributed by atoms with E-state index in [1.165, 1.54) is 28.1 Å². The molecular formula is C16H22N2S. The van der Waals surface area contributed by atoms with Crippen molar-refractivity contribution >= 4 is 11.3 Å². The van der Waals surface area contributed by atoms with Crippen molar-refractivity contribution in [2.75, 3.05) is 13.1 Å². The lowest BCUT2D eigenvalue weighted by atomic mass is 10.0. The highest BCUT2D eigenvalue weighted by Gasteiger charge is 2.07.